The lowest BCUT2D eigenvalue weighted by atomic mass is 10.1. The Morgan fingerprint density at radius 2 is 2.18 bits per heavy atom. The van der Waals surface area contributed by atoms with Crippen LogP contribution in [0.1, 0.15) is 16.1 Å². The highest BCUT2D eigenvalue weighted by Crippen LogP contribution is 2.24. The minimum Gasteiger partial charge on any atom is -0.451 e. The first-order chi connectivity index (χ1) is 8.09. The summed E-state index contributed by atoms with van der Waals surface area (Å²) >= 11 is 3.19. The average molecular weight is 294 g/mol. The van der Waals surface area contributed by atoms with Crippen LogP contribution in [0, 0.1) is 6.92 Å². The fourth-order valence-electron chi connectivity index (χ4n) is 1.65. The monoisotopic (exact) mass is 293 g/mol. The lowest BCUT2D eigenvalue weighted by Crippen LogP contribution is -2.24. The van der Waals surface area contributed by atoms with E-state index in [9.17, 15) is 4.79 Å². The Bertz CT molecular complexity index is 586. The summed E-state index contributed by atoms with van der Waals surface area (Å²) in [6.07, 6.45) is 0. The van der Waals surface area contributed by atoms with Gasteiger partial charge < -0.3 is 9.73 Å². The first kappa shape index (κ1) is 11.9. The summed E-state index contributed by atoms with van der Waals surface area (Å²) in [5.74, 6) is 0.138. The molecule has 0 saturated carbocycles. The van der Waals surface area contributed by atoms with Crippen molar-refractivity contribution in [3.8, 4) is 0 Å². The number of fused-ring (bicyclic) bond motifs is 1. The lowest BCUT2D eigenvalue weighted by Gasteiger charge is -2.01. The van der Waals surface area contributed by atoms with Gasteiger partial charge in [-0.1, -0.05) is 40.7 Å². The number of hydrogen-bond donors (Lipinski definition) is 1. The number of hydrogen-bond acceptors (Lipinski definition) is 2. The zero-order valence-electron chi connectivity index (χ0n) is 9.42. The fraction of sp³-hybridized carbons (Fsp3) is 0.154. The van der Waals surface area contributed by atoms with Crippen LogP contribution in [0.25, 0.3) is 11.0 Å². The number of furan rings is 1. The van der Waals surface area contributed by atoms with E-state index in [1.165, 1.54) is 0 Å². The van der Waals surface area contributed by atoms with Crippen molar-refractivity contribution in [2.45, 2.75) is 6.92 Å². The standard InChI is InChI=1S/C13H12BrNO2/c1-8(14)7-15-13(16)12-9(2)10-5-3-4-6-11(10)17-12/h3-6H,1,7H2,2H3,(H,15,16). The molecule has 0 atom stereocenters. The van der Waals surface area contributed by atoms with Crippen LogP contribution in [0.5, 0.6) is 0 Å². The molecule has 1 amide bonds. The summed E-state index contributed by atoms with van der Waals surface area (Å²) < 4.78 is 6.26. The van der Waals surface area contributed by atoms with Gasteiger partial charge in [-0.3, -0.25) is 4.79 Å². The van der Waals surface area contributed by atoms with Gasteiger partial charge in [-0.25, -0.2) is 0 Å². The number of para-hydroxylation sites is 1. The molecule has 0 spiro atoms. The van der Waals surface area contributed by atoms with Crippen LogP contribution >= 0.6 is 15.9 Å². The number of amides is 1. The Hall–Kier alpha value is -1.55. The van der Waals surface area contributed by atoms with Crippen LogP contribution < -0.4 is 5.32 Å². The van der Waals surface area contributed by atoms with E-state index in [0.717, 1.165) is 21.0 Å². The van der Waals surface area contributed by atoms with Crippen molar-refractivity contribution in [1.29, 1.82) is 0 Å². The highest BCUT2D eigenvalue weighted by Gasteiger charge is 2.16. The molecule has 0 bridgehead atoms. The van der Waals surface area contributed by atoms with Crippen molar-refractivity contribution in [2.75, 3.05) is 6.54 Å². The molecule has 0 aliphatic heterocycles. The van der Waals surface area contributed by atoms with E-state index in [1.807, 2.05) is 31.2 Å². The molecular formula is C13H12BrNO2. The van der Waals surface area contributed by atoms with Gasteiger partial charge in [0.15, 0.2) is 5.76 Å². The first-order valence-electron chi connectivity index (χ1n) is 5.19. The lowest BCUT2D eigenvalue weighted by molar-refractivity contribution is 0.0931. The molecule has 0 aliphatic rings. The maximum Gasteiger partial charge on any atom is 0.287 e. The number of rotatable bonds is 3. The SMILES string of the molecule is C=C(Br)CNC(=O)c1oc2ccccc2c1C. The molecule has 1 N–H and O–H groups in total. The van der Waals surface area contributed by atoms with E-state index >= 15 is 0 Å². The van der Waals surface area contributed by atoms with Crippen LogP contribution in [0.4, 0.5) is 0 Å². The molecule has 0 unspecified atom stereocenters. The molecule has 1 aromatic carbocycles. The third kappa shape index (κ3) is 2.42. The highest BCUT2D eigenvalue weighted by molar-refractivity contribution is 9.11. The van der Waals surface area contributed by atoms with Gasteiger partial charge in [0.2, 0.25) is 0 Å². The number of carbonyl (C=O) groups is 1. The molecule has 1 heterocycles. The van der Waals surface area contributed by atoms with Crippen LogP contribution in [0.15, 0.2) is 39.7 Å². The zero-order chi connectivity index (χ0) is 12.4. The summed E-state index contributed by atoms with van der Waals surface area (Å²) in [7, 11) is 0. The fourth-order valence-corrected chi connectivity index (χ4v) is 1.79. The molecule has 3 nitrogen and oxygen atoms in total. The van der Waals surface area contributed by atoms with Crippen LogP contribution in [0.3, 0.4) is 0 Å². The molecule has 2 aromatic rings. The van der Waals surface area contributed by atoms with Gasteiger partial charge in [0.25, 0.3) is 5.91 Å². The quantitative estimate of drug-likeness (QED) is 0.943. The molecule has 17 heavy (non-hydrogen) atoms. The Kier molecular flexibility index (Phi) is 3.33. The van der Waals surface area contributed by atoms with Crippen LogP contribution in [0.2, 0.25) is 0 Å². The second-order valence-electron chi connectivity index (χ2n) is 3.75. The number of nitrogens with one attached hydrogen (secondary N) is 1. The molecule has 0 radical (unpaired) electrons. The first-order valence-corrected chi connectivity index (χ1v) is 5.98. The second-order valence-corrected chi connectivity index (χ2v) is 4.87. The number of carbonyl (C=O) groups excluding carboxylic acids is 1. The number of aryl methyl sites for hydroxylation is 1. The van der Waals surface area contributed by atoms with Crippen molar-refractivity contribution < 1.29 is 9.21 Å². The van der Waals surface area contributed by atoms with Crippen molar-refractivity contribution in [2.24, 2.45) is 0 Å². The second kappa shape index (κ2) is 4.75. The highest BCUT2D eigenvalue weighted by atomic mass is 79.9. The Morgan fingerprint density at radius 1 is 1.47 bits per heavy atom. The van der Waals surface area contributed by atoms with Crippen LogP contribution in [-0.4, -0.2) is 12.5 Å². The Balaban J connectivity index is 2.32. The normalized spacial score (nSPS) is 10.5. The summed E-state index contributed by atoms with van der Waals surface area (Å²) in [6, 6.07) is 7.59. The molecule has 1 aromatic heterocycles. The van der Waals surface area contributed by atoms with Gasteiger partial charge in [-0.15, -0.1) is 0 Å². The molecule has 4 heteroatoms. The van der Waals surface area contributed by atoms with Gasteiger partial charge in [0.1, 0.15) is 5.58 Å². The molecular weight excluding hydrogens is 282 g/mol. The van der Waals surface area contributed by atoms with E-state index in [4.69, 9.17) is 4.42 Å². The van der Waals surface area contributed by atoms with E-state index in [2.05, 4.69) is 27.8 Å². The Labute approximate surface area is 108 Å². The summed E-state index contributed by atoms with van der Waals surface area (Å²) in [6.45, 7) is 5.92. The predicted molar refractivity (Wildman–Crippen MR) is 71.4 cm³/mol. The van der Waals surface area contributed by atoms with Crippen molar-refractivity contribution >= 4 is 32.8 Å². The molecule has 0 aliphatic carbocycles. The summed E-state index contributed by atoms with van der Waals surface area (Å²) in [5.41, 5.74) is 1.59. The summed E-state index contributed by atoms with van der Waals surface area (Å²) in [4.78, 5) is 11.9. The zero-order valence-corrected chi connectivity index (χ0v) is 11.0. The van der Waals surface area contributed by atoms with Crippen molar-refractivity contribution in [1.82, 2.24) is 5.32 Å². The number of halogens is 1. The minimum atomic E-state index is -0.223. The van der Waals surface area contributed by atoms with Crippen molar-refractivity contribution in [3.05, 3.63) is 46.7 Å². The van der Waals surface area contributed by atoms with Gasteiger partial charge in [0, 0.05) is 22.0 Å². The smallest absolute Gasteiger partial charge is 0.287 e. The summed E-state index contributed by atoms with van der Waals surface area (Å²) in [5, 5.41) is 3.69. The average Bonchev–Trinajstić information content (AvgIpc) is 2.64. The van der Waals surface area contributed by atoms with E-state index in [1.54, 1.807) is 0 Å². The van der Waals surface area contributed by atoms with E-state index < -0.39 is 0 Å². The largest absolute Gasteiger partial charge is 0.451 e. The van der Waals surface area contributed by atoms with Gasteiger partial charge in [-0.2, -0.15) is 0 Å². The van der Waals surface area contributed by atoms with Gasteiger partial charge >= 0.3 is 0 Å². The minimum absolute atomic E-state index is 0.223. The topological polar surface area (TPSA) is 42.2 Å². The van der Waals surface area contributed by atoms with Gasteiger partial charge in [0.05, 0.1) is 0 Å². The maximum absolute atomic E-state index is 11.9. The van der Waals surface area contributed by atoms with Gasteiger partial charge in [-0.05, 0) is 13.0 Å². The third-order valence-electron chi connectivity index (χ3n) is 2.49. The Morgan fingerprint density at radius 3 is 2.82 bits per heavy atom. The van der Waals surface area contributed by atoms with E-state index in [-0.39, 0.29) is 5.91 Å². The van der Waals surface area contributed by atoms with Crippen LogP contribution in [-0.2, 0) is 0 Å². The molecule has 0 saturated heterocycles. The molecule has 2 rings (SSSR count). The molecule has 0 fully saturated rings. The maximum atomic E-state index is 11.9. The number of benzene rings is 1. The predicted octanol–water partition coefficient (Wildman–Crippen LogP) is 3.38. The molecule has 88 valence electrons. The third-order valence-corrected chi connectivity index (χ3v) is 2.77. The van der Waals surface area contributed by atoms with Crippen molar-refractivity contribution in [3.63, 3.8) is 0 Å². The van der Waals surface area contributed by atoms with E-state index in [0.29, 0.717) is 12.3 Å².